The molecule has 0 bridgehead atoms. The largest absolute Gasteiger partial charge is 0.482 e. The zero-order valence-electron chi connectivity index (χ0n) is 10.6. The quantitative estimate of drug-likeness (QED) is 0.458. The molecule has 19 heavy (non-hydrogen) atoms. The first-order valence-electron chi connectivity index (χ1n) is 6.13. The van der Waals surface area contributed by atoms with Crippen LogP contribution < -0.4 is 15.9 Å². The molecule has 3 N–H and O–H groups in total. The number of nitrogens with two attached hydrogens (primary N) is 1. The minimum Gasteiger partial charge on any atom is -0.482 e. The van der Waals surface area contributed by atoms with Gasteiger partial charge >= 0.3 is 0 Å². The molecule has 0 aromatic heterocycles. The molecule has 1 aliphatic carbocycles. The summed E-state index contributed by atoms with van der Waals surface area (Å²) in [6.07, 6.45) is 1.56. The minimum absolute atomic E-state index is 0.0297. The number of nitrogens with zero attached hydrogens (tertiary/aromatic N) is 1. The molecule has 1 aromatic carbocycles. The van der Waals surface area contributed by atoms with Crippen LogP contribution in [0.25, 0.3) is 0 Å². The number of hydrazine groups is 1. The van der Waals surface area contributed by atoms with Crippen molar-refractivity contribution in [3.63, 3.8) is 0 Å². The lowest BCUT2D eigenvalue weighted by Crippen LogP contribution is -2.41. The van der Waals surface area contributed by atoms with Crippen LogP contribution in [0.3, 0.4) is 0 Å². The molecule has 1 heterocycles. The molecule has 0 atom stereocenters. The fourth-order valence-electron chi connectivity index (χ4n) is 2.47. The molecule has 0 unspecified atom stereocenters. The van der Waals surface area contributed by atoms with Crippen molar-refractivity contribution in [2.24, 2.45) is 5.84 Å². The highest BCUT2D eigenvalue weighted by molar-refractivity contribution is 5.96. The van der Waals surface area contributed by atoms with Gasteiger partial charge in [0.15, 0.2) is 6.61 Å². The predicted molar refractivity (Wildman–Crippen MR) is 68.4 cm³/mol. The Balaban J connectivity index is 1.97. The molecule has 6 heteroatoms. The maximum absolute atomic E-state index is 12.1. The number of benzene rings is 1. The van der Waals surface area contributed by atoms with Crippen molar-refractivity contribution in [2.75, 3.05) is 19.0 Å². The number of rotatable bonds is 2. The van der Waals surface area contributed by atoms with E-state index in [1.165, 1.54) is 0 Å². The van der Waals surface area contributed by atoms with Crippen molar-refractivity contribution in [3.05, 3.63) is 23.8 Å². The summed E-state index contributed by atoms with van der Waals surface area (Å²) in [5.74, 6) is 5.90. The van der Waals surface area contributed by atoms with Gasteiger partial charge in [-0.2, -0.15) is 0 Å². The van der Waals surface area contributed by atoms with E-state index in [1.807, 2.05) is 6.07 Å². The number of hydrogen-bond acceptors (Lipinski definition) is 4. The molecule has 1 aromatic rings. The number of likely N-dealkylation sites (N-methyl/N-ethyl adjacent to an activating group) is 1. The SMILES string of the molecule is CN(N)C(=O)C1(c2ccc3c(c2)NC(=O)CO3)CC1. The number of anilines is 1. The second-order valence-corrected chi connectivity index (χ2v) is 5.05. The first-order chi connectivity index (χ1) is 9.03. The molecular weight excluding hydrogens is 246 g/mol. The van der Waals surface area contributed by atoms with Crippen LogP contribution in [0.4, 0.5) is 5.69 Å². The fourth-order valence-corrected chi connectivity index (χ4v) is 2.47. The van der Waals surface area contributed by atoms with E-state index in [-0.39, 0.29) is 18.4 Å². The van der Waals surface area contributed by atoms with Crippen LogP contribution in [0.15, 0.2) is 18.2 Å². The maximum atomic E-state index is 12.1. The standard InChI is InChI=1S/C13H15N3O3/c1-16(14)12(18)13(4-5-13)8-2-3-10-9(6-8)15-11(17)7-19-10/h2-3,6H,4-5,7,14H2,1H3,(H,15,17). The lowest BCUT2D eigenvalue weighted by Gasteiger charge is -2.23. The molecule has 2 aliphatic rings. The molecule has 0 spiro atoms. The fraction of sp³-hybridized carbons (Fsp3) is 0.385. The molecule has 1 fully saturated rings. The van der Waals surface area contributed by atoms with Crippen molar-refractivity contribution in [2.45, 2.75) is 18.3 Å². The smallest absolute Gasteiger partial charge is 0.262 e. The second-order valence-electron chi connectivity index (χ2n) is 5.05. The van der Waals surface area contributed by atoms with Gasteiger partial charge < -0.3 is 10.1 Å². The first kappa shape index (κ1) is 12.0. The van der Waals surface area contributed by atoms with Gasteiger partial charge in [0.25, 0.3) is 5.91 Å². The van der Waals surface area contributed by atoms with Gasteiger partial charge in [0.2, 0.25) is 5.91 Å². The van der Waals surface area contributed by atoms with E-state index in [4.69, 9.17) is 10.6 Å². The summed E-state index contributed by atoms with van der Waals surface area (Å²) >= 11 is 0. The van der Waals surface area contributed by atoms with E-state index in [1.54, 1.807) is 19.2 Å². The van der Waals surface area contributed by atoms with Crippen LogP contribution in [-0.4, -0.2) is 30.5 Å². The maximum Gasteiger partial charge on any atom is 0.262 e. The Labute approximate surface area is 110 Å². The number of nitrogens with one attached hydrogen (secondary N) is 1. The van der Waals surface area contributed by atoms with Crippen LogP contribution in [0.1, 0.15) is 18.4 Å². The first-order valence-corrected chi connectivity index (χ1v) is 6.13. The van der Waals surface area contributed by atoms with E-state index in [2.05, 4.69) is 5.32 Å². The summed E-state index contributed by atoms with van der Waals surface area (Å²) in [5.41, 5.74) is 0.965. The normalized spacial score (nSPS) is 18.9. The number of carbonyl (C=O) groups is 2. The van der Waals surface area contributed by atoms with Crippen molar-refractivity contribution in [1.29, 1.82) is 0 Å². The molecule has 6 nitrogen and oxygen atoms in total. The summed E-state index contributed by atoms with van der Waals surface area (Å²) in [4.78, 5) is 23.5. The Kier molecular flexibility index (Phi) is 2.50. The van der Waals surface area contributed by atoms with E-state index in [0.717, 1.165) is 23.4 Å². The highest BCUT2D eigenvalue weighted by Crippen LogP contribution is 2.50. The highest BCUT2D eigenvalue weighted by atomic mass is 16.5. The Hall–Kier alpha value is -2.08. The van der Waals surface area contributed by atoms with Gasteiger partial charge in [-0.1, -0.05) is 6.07 Å². The molecule has 2 amide bonds. The molecule has 0 radical (unpaired) electrons. The summed E-state index contributed by atoms with van der Waals surface area (Å²) < 4.78 is 5.30. The van der Waals surface area contributed by atoms with Crippen molar-refractivity contribution in [1.82, 2.24) is 5.01 Å². The summed E-state index contributed by atoms with van der Waals surface area (Å²) in [5, 5.41) is 3.87. The van der Waals surface area contributed by atoms with E-state index < -0.39 is 5.41 Å². The number of carbonyl (C=O) groups excluding carboxylic acids is 2. The molecule has 1 saturated carbocycles. The molecule has 3 rings (SSSR count). The van der Waals surface area contributed by atoms with Gasteiger partial charge in [-0.25, -0.2) is 5.84 Å². The highest BCUT2D eigenvalue weighted by Gasteiger charge is 2.52. The number of ether oxygens (including phenoxy) is 1. The third-order valence-corrected chi connectivity index (χ3v) is 3.64. The van der Waals surface area contributed by atoms with E-state index in [0.29, 0.717) is 11.4 Å². The number of amides is 2. The van der Waals surface area contributed by atoms with Crippen molar-refractivity contribution in [3.8, 4) is 5.75 Å². The van der Waals surface area contributed by atoms with E-state index in [9.17, 15) is 9.59 Å². The average Bonchev–Trinajstić information content (AvgIpc) is 3.18. The van der Waals surface area contributed by atoms with Gasteiger partial charge in [0.1, 0.15) is 5.75 Å². The average molecular weight is 261 g/mol. The monoisotopic (exact) mass is 261 g/mol. The zero-order valence-corrected chi connectivity index (χ0v) is 10.6. The van der Waals surface area contributed by atoms with Gasteiger partial charge in [-0.05, 0) is 30.5 Å². The van der Waals surface area contributed by atoms with Gasteiger partial charge in [0, 0.05) is 7.05 Å². The van der Waals surface area contributed by atoms with E-state index >= 15 is 0 Å². The van der Waals surface area contributed by atoms with Crippen molar-refractivity contribution >= 4 is 17.5 Å². The van der Waals surface area contributed by atoms with Gasteiger partial charge in [-0.15, -0.1) is 0 Å². The molecule has 1 aliphatic heterocycles. The summed E-state index contributed by atoms with van der Waals surface area (Å²) in [6, 6.07) is 5.46. The van der Waals surface area contributed by atoms with Crippen LogP contribution in [0.5, 0.6) is 5.75 Å². The number of hydrogen-bond donors (Lipinski definition) is 2. The van der Waals surface area contributed by atoms with Crippen LogP contribution in [0, 0.1) is 0 Å². The van der Waals surface area contributed by atoms with Crippen LogP contribution >= 0.6 is 0 Å². The Bertz CT molecular complexity index is 564. The topological polar surface area (TPSA) is 84.7 Å². The molecular formula is C13H15N3O3. The third-order valence-electron chi connectivity index (χ3n) is 3.64. The Morgan fingerprint density at radius 2 is 2.21 bits per heavy atom. The predicted octanol–water partition coefficient (Wildman–Crippen LogP) is 0.381. The minimum atomic E-state index is -0.527. The Morgan fingerprint density at radius 3 is 2.84 bits per heavy atom. The summed E-state index contributed by atoms with van der Waals surface area (Å²) in [6.45, 7) is 0.0297. The van der Waals surface area contributed by atoms with Gasteiger partial charge in [-0.3, -0.25) is 14.6 Å². The lowest BCUT2D eigenvalue weighted by molar-refractivity contribution is -0.132. The van der Waals surface area contributed by atoms with Crippen LogP contribution in [-0.2, 0) is 15.0 Å². The Morgan fingerprint density at radius 1 is 1.47 bits per heavy atom. The number of fused-ring (bicyclic) bond motifs is 1. The molecule has 0 saturated heterocycles. The third kappa shape index (κ3) is 1.84. The second kappa shape index (κ2) is 3.96. The van der Waals surface area contributed by atoms with Crippen LogP contribution in [0.2, 0.25) is 0 Å². The summed E-state index contributed by atoms with van der Waals surface area (Å²) in [7, 11) is 1.55. The van der Waals surface area contributed by atoms with Gasteiger partial charge in [0.05, 0.1) is 11.1 Å². The zero-order chi connectivity index (χ0) is 13.6. The lowest BCUT2D eigenvalue weighted by atomic mass is 9.94. The molecule has 100 valence electrons. The van der Waals surface area contributed by atoms with Crippen molar-refractivity contribution < 1.29 is 14.3 Å².